The number of ether oxygens (including phenoxy) is 1. The van der Waals surface area contributed by atoms with Gasteiger partial charge in [-0.1, -0.05) is 45.5 Å². The molecule has 1 rings (SSSR count). The second-order valence-electron chi connectivity index (χ2n) is 5.93. The number of carbonyl (C=O) groups excluding carboxylic acids is 1. The predicted molar refractivity (Wildman–Crippen MR) is 82.6 cm³/mol. The fourth-order valence-electron chi connectivity index (χ4n) is 1.64. The second kappa shape index (κ2) is 6.98. The molecule has 1 aromatic rings. The van der Waals surface area contributed by atoms with Crippen molar-refractivity contribution >= 4 is 11.8 Å². The maximum Gasteiger partial charge on any atom is 0.411 e. The Morgan fingerprint density at radius 1 is 1.30 bits per heavy atom. The molecule has 0 saturated heterocycles. The summed E-state index contributed by atoms with van der Waals surface area (Å²) in [6.45, 7) is 12.3. The molecule has 0 bridgehead atoms. The van der Waals surface area contributed by atoms with Crippen LogP contribution in [0.15, 0.2) is 42.6 Å². The monoisotopic (exact) mass is 276 g/mol. The van der Waals surface area contributed by atoms with Gasteiger partial charge in [0.25, 0.3) is 0 Å². The lowest BCUT2D eigenvalue weighted by Crippen LogP contribution is -2.43. The second-order valence-corrected chi connectivity index (χ2v) is 5.93. The van der Waals surface area contributed by atoms with Gasteiger partial charge in [-0.05, 0) is 24.5 Å². The standard InChI is InChI=1S/C16H24N2O2/c1-12(2)17-14(16(3,4)5)11-20-15(19)18-13-9-7-6-8-10-13/h6-10,14,17H,1,11H2,2-5H3,(H,18,19). The van der Waals surface area contributed by atoms with Crippen LogP contribution in [0, 0.1) is 5.41 Å². The summed E-state index contributed by atoms with van der Waals surface area (Å²) >= 11 is 0. The largest absolute Gasteiger partial charge is 0.447 e. The summed E-state index contributed by atoms with van der Waals surface area (Å²) in [6, 6.07) is 9.25. The molecule has 1 amide bonds. The van der Waals surface area contributed by atoms with E-state index >= 15 is 0 Å². The van der Waals surface area contributed by atoms with Crippen LogP contribution in [0.1, 0.15) is 27.7 Å². The first kappa shape index (κ1) is 16.1. The van der Waals surface area contributed by atoms with Crippen LogP contribution < -0.4 is 10.6 Å². The van der Waals surface area contributed by atoms with Crippen molar-refractivity contribution in [1.29, 1.82) is 0 Å². The van der Waals surface area contributed by atoms with E-state index in [1.54, 1.807) is 0 Å². The average molecular weight is 276 g/mol. The van der Waals surface area contributed by atoms with Crippen molar-refractivity contribution in [3.63, 3.8) is 0 Å². The number of allylic oxidation sites excluding steroid dienone is 1. The minimum atomic E-state index is -0.450. The molecule has 2 N–H and O–H groups in total. The number of amides is 1. The highest BCUT2D eigenvalue weighted by molar-refractivity contribution is 5.84. The third-order valence-electron chi connectivity index (χ3n) is 2.87. The van der Waals surface area contributed by atoms with Crippen LogP contribution >= 0.6 is 0 Å². The van der Waals surface area contributed by atoms with E-state index in [2.05, 4.69) is 38.0 Å². The van der Waals surface area contributed by atoms with Gasteiger partial charge >= 0.3 is 6.09 Å². The van der Waals surface area contributed by atoms with Crippen molar-refractivity contribution in [2.24, 2.45) is 5.41 Å². The molecule has 0 aliphatic carbocycles. The summed E-state index contributed by atoms with van der Waals surface area (Å²) < 4.78 is 5.28. The van der Waals surface area contributed by atoms with Crippen LogP contribution in [0.25, 0.3) is 0 Å². The number of para-hydroxylation sites is 1. The first-order valence-electron chi connectivity index (χ1n) is 6.70. The van der Waals surface area contributed by atoms with Gasteiger partial charge in [-0.3, -0.25) is 5.32 Å². The number of hydrogen-bond acceptors (Lipinski definition) is 3. The Morgan fingerprint density at radius 3 is 2.40 bits per heavy atom. The van der Waals surface area contributed by atoms with Gasteiger partial charge in [0, 0.05) is 11.4 Å². The number of rotatable bonds is 5. The highest BCUT2D eigenvalue weighted by Crippen LogP contribution is 2.20. The lowest BCUT2D eigenvalue weighted by atomic mass is 9.87. The van der Waals surface area contributed by atoms with Gasteiger partial charge in [0.2, 0.25) is 0 Å². The van der Waals surface area contributed by atoms with Crippen LogP contribution in [-0.2, 0) is 4.74 Å². The third kappa shape index (κ3) is 5.78. The predicted octanol–water partition coefficient (Wildman–Crippen LogP) is 3.77. The molecule has 4 heteroatoms. The van der Waals surface area contributed by atoms with E-state index in [0.29, 0.717) is 0 Å². The van der Waals surface area contributed by atoms with Gasteiger partial charge in [-0.15, -0.1) is 0 Å². The van der Waals surface area contributed by atoms with Crippen LogP contribution in [0.2, 0.25) is 0 Å². The number of carbonyl (C=O) groups is 1. The van der Waals surface area contributed by atoms with E-state index in [0.717, 1.165) is 11.4 Å². The minimum absolute atomic E-state index is 0.0153. The van der Waals surface area contributed by atoms with Crippen molar-refractivity contribution < 1.29 is 9.53 Å². The third-order valence-corrected chi connectivity index (χ3v) is 2.87. The molecule has 0 aliphatic rings. The number of nitrogens with one attached hydrogen (secondary N) is 2. The Morgan fingerprint density at radius 2 is 1.90 bits per heavy atom. The first-order valence-corrected chi connectivity index (χ1v) is 6.70. The summed E-state index contributed by atoms with van der Waals surface area (Å²) in [7, 11) is 0. The maximum atomic E-state index is 11.7. The number of anilines is 1. The lowest BCUT2D eigenvalue weighted by molar-refractivity contribution is 0.121. The Kier molecular flexibility index (Phi) is 5.62. The fourth-order valence-corrected chi connectivity index (χ4v) is 1.64. The summed E-state index contributed by atoms with van der Waals surface area (Å²) in [4.78, 5) is 11.7. The molecule has 0 spiro atoms. The SMILES string of the molecule is C=C(C)NC(COC(=O)Nc1ccccc1)C(C)(C)C. The molecule has 0 fully saturated rings. The van der Waals surface area contributed by atoms with Crippen molar-refractivity contribution in [2.75, 3.05) is 11.9 Å². The topological polar surface area (TPSA) is 50.4 Å². The first-order chi connectivity index (χ1) is 9.29. The molecule has 0 radical (unpaired) electrons. The van der Waals surface area contributed by atoms with Crippen LogP contribution in [0.5, 0.6) is 0 Å². The molecule has 1 aromatic carbocycles. The molecule has 4 nitrogen and oxygen atoms in total. The quantitative estimate of drug-likeness (QED) is 0.860. The highest BCUT2D eigenvalue weighted by atomic mass is 16.5. The van der Waals surface area contributed by atoms with E-state index in [9.17, 15) is 4.79 Å². The van der Waals surface area contributed by atoms with Crippen molar-refractivity contribution in [3.05, 3.63) is 42.6 Å². The van der Waals surface area contributed by atoms with Gasteiger partial charge in [0.1, 0.15) is 6.61 Å². The number of hydrogen-bond donors (Lipinski definition) is 2. The zero-order valence-corrected chi connectivity index (χ0v) is 12.7. The van der Waals surface area contributed by atoms with Gasteiger partial charge in [-0.25, -0.2) is 4.79 Å². The normalized spacial score (nSPS) is 12.4. The Labute approximate surface area is 121 Å². The molecule has 0 aliphatic heterocycles. The molecule has 0 aromatic heterocycles. The maximum absolute atomic E-state index is 11.7. The van der Waals surface area contributed by atoms with E-state index in [1.807, 2.05) is 37.3 Å². The van der Waals surface area contributed by atoms with E-state index in [-0.39, 0.29) is 18.1 Å². The Hall–Kier alpha value is -1.97. The van der Waals surface area contributed by atoms with Crippen LogP contribution in [-0.4, -0.2) is 18.7 Å². The lowest BCUT2D eigenvalue weighted by Gasteiger charge is -2.31. The molecule has 1 atom stereocenters. The van der Waals surface area contributed by atoms with Gasteiger partial charge < -0.3 is 10.1 Å². The van der Waals surface area contributed by atoms with Gasteiger partial charge in [0.05, 0.1) is 6.04 Å². The fraction of sp³-hybridized carbons (Fsp3) is 0.438. The van der Waals surface area contributed by atoms with E-state index in [1.165, 1.54) is 0 Å². The Balaban J connectivity index is 2.50. The van der Waals surface area contributed by atoms with Crippen LogP contribution in [0.3, 0.4) is 0 Å². The van der Waals surface area contributed by atoms with E-state index in [4.69, 9.17) is 4.74 Å². The smallest absolute Gasteiger partial charge is 0.411 e. The van der Waals surface area contributed by atoms with E-state index < -0.39 is 6.09 Å². The van der Waals surface area contributed by atoms with Gasteiger partial charge in [-0.2, -0.15) is 0 Å². The summed E-state index contributed by atoms with van der Waals surface area (Å²) in [5.41, 5.74) is 1.54. The molecule has 0 saturated carbocycles. The molecule has 20 heavy (non-hydrogen) atoms. The molecular weight excluding hydrogens is 252 g/mol. The zero-order valence-electron chi connectivity index (χ0n) is 12.7. The van der Waals surface area contributed by atoms with Crippen molar-refractivity contribution in [2.45, 2.75) is 33.7 Å². The zero-order chi connectivity index (χ0) is 15.2. The Bertz CT molecular complexity index is 449. The molecular formula is C16H24N2O2. The average Bonchev–Trinajstić information content (AvgIpc) is 2.34. The summed E-state index contributed by atoms with van der Waals surface area (Å²) in [6.07, 6.45) is -0.450. The van der Waals surface area contributed by atoms with Crippen LogP contribution in [0.4, 0.5) is 10.5 Å². The molecule has 0 heterocycles. The number of benzene rings is 1. The highest BCUT2D eigenvalue weighted by Gasteiger charge is 2.25. The molecule has 1 unspecified atom stereocenters. The van der Waals surface area contributed by atoms with Gasteiger partial charge in [0.15, 0.2) is 0 Å². The van der Waals surface area contributed by atoms with Crippen molar-refractivity contribution in [3.8, 4) is 0 Å². The summed E-state index contributed by atoms with van der Waals surface area (Å²) in [5.74, 6) is 0. The van der Waals surface area contributed by atoms with Crippen molar-refractivity contribution in [1.82, 2.24) is 5.32 Å². The summed E-state index contributed by atoms with van der Waals surface area (Å²) in [5, 5.41) is 5.93. The minimum Gasteiger partial charge on any atom is -0.447 e. The molecule has 110 valence electrons.